The third kappa shape index (κ3) is 2.43. The zero-order valence-corrected chi connectivity index (χ0v) is 9.77. The molecule has 2 rings (SSSR count). The smallest absolute Gasteiger partial charge is 0.271 e. The second-order valence-corrected chi connectivity index (χ2v) is 4.02. The number of hydrogen-bond donors (Lipinski definition) is 1. The summed E-state index contributed by atoms with van der Waals surface area (Å²) in [5.41, 5.74) is 0.858. The minimum Gasteiger partial charge on any atom is -0.348 e. The Bertz CT molecular complexity index is 550. The Hall–Kier alpha value is -1.91. The minimum absolute atomic E-state index is 0.101. The number of aromatic nitrogens is 2. The van der Waals surface area contributed by atoms with Crippen LogP contribution in [0, 0.1) is 5.82 Å². The summed E-state index contributed by atoms with van der Waals surface area (Å²) in [4.78, 5) is 15.9. The molecule has 0 radical (unpaired) electrons. The molecule has 4 nitrogen and oxygen atoms in total. The van der Waals surface area contributed by atoms with Crippen molar-refractivity contribution in [2.45, 2.75) is 26.3 Å². The van der Waals surface area contributed by atoms with Crippen LogP contribution in [-0.4, -0.2) is 21.3 Å². The van der Waals surface area contributed by atoms with Crippen LogP contribution in [0.15, 0.2) is 24.5 Å². The molecule has 0 aliphatic rings. The highest BCUT2D eigenvalue weighted by molar-refractivity contribution is 5.93. The highest BCUT2D eigenvalue weighted by atomic mass is 19.1. The minimum atomic E-state index is -0.358. The zero-order chi connectivity index (χ0) is 12.4. The number of rotatable bonds is 3. The van der Waals surface area contributed by atoms with Crippen molar-refractivity contribution in [2.24, 2.45) is 0 Å². The number of nitrogens with zero attached hydrogens (tertiary/aromatic N) is 2. The van der Waals surface area contributed by atoms with Gasteiger partial charge in [-0.1, -0.05) is 6.92 Å². The average molecular weight is 235 g/mol. The molecule has 0 aliphatic carbocycles. The maximum atomic E-state index is 13.0. The van der Waals surface area contributed by atoms with E-state index in [1.807, 2.05) is 13.8 Å². The normalized spacial score (nSPS) is 12.6. The van der Waals surface area contributed by atoms with E-state index < -0.39 is 0 Å². The van der Waals surface area contributed by atoms with Crippen LogP contribution >= 0.6 is 0 Å². The number of amides is 1. The highest BCUT2D eigenvalue weighted by Crippen LogP contribution is 2.07. The Labute approximate surface area is 98.5 Å². The molecule has 0 bridgehead atoms. The molecule has 2 aromatic rings. The van der Waals surface area contributed by atoms with Gasteiger partial charge in [0.15, 0.2) is 0 Å². The summed E-state index contributed by atoms with van der Waals surface area (Å²) in [7, 11) is 0. The van der Waals surface area contributed by atoms with Crippen LogP contribution in [0.1, 0.15) is 30.8 Å². The molecule has 0 spiro atoms. The number of carbonyl (C=O) groups excluding carboxylic acids is 1. The summed E-state index contributed by atoms with van der Waals surface area (Å²) in [6.07, 6.45) is 3.67. The van der Waals surface area contributed by atoms with Gasteiger partial charge in [0.05, 0.1) is 0 Å². The summed E-state index contributed by atoms with van der Waals surface area (Å²) in [5.74, 6) is -0.591. The second-order valence-electron chi connectivity index (χ2n) is 4.02. The molecule has 5 heteroatoms. The first kappa shape index (κ1) is 11.6. The molecule has 1 N–H and O–H groups in total. The van der Waals surface area contributed by atoms with Crippen LogP contribution in [-0.2, 0) is 0 Å². The van der Waals surface area contributed by atoms with Gasteiger partial charge in [-0.05, 0) is 25.5 Å². The second kappa shape index (κ2) is 4.53. The summed E-state index contributed by atoms with van der Waals surface area (Å²) >= 11 is 0. The maximum absolute atomic E-state index is 13.0. The van der Waals surface area contributed by atoms with Crippen molar-refractivity contribution in [1.29, 1.82) is 0 Å². The Kier molecular flexibility index (Phi) is 3.08. The van der Waals surface area contributed by atoms with Gasteiger partial charge in [0.2, 0.25) is 0 Å². The lowest BCUT2D eigenvalue weighted by Gasteiger charge is -2.08. The van der Waals surface area contributed by atoms with Crippen LogP contribution in [0.3, 0.4) is 0 Å². The lowest BCUT2D eigenvalue weighted by Crippen LogP contribution is -2.32. The van der Waals surface area contributed by atoms with E-state index in [-0.39, 0.29) is 17.8 Å². The van der Waals surface area contributed by atoms with Gasteiger partial charge in [0, 0.05) is 18.4 Å². The first-order chi connectivity index (χ1) is 8.10. The van der Waals surface area contributed by atoms with Gasteiger partial charge in [-0.2, -0.15) is 0 Å². The quantitative estimate of drug-likeness (QED) is 0.884. The third-order valence-corrected chi connectivity index (χ3v) is 2.64. The molecule has 0 fully saturated rings. The van der Waals surface area contributed by atoms with Crippen LogP contribution in [0.2, 0.25) is 0 Å². The van der Waals surface area contributed by atoms with Crippen molar-refractivity contribution in [2.75, 3.05) is 0 Å². The van der Waals surface area contributed by atoms with Gasteiger partial charge < -0.3 is 9.72 Å². The van der Waals surface area contributed by atoms with Crippen molar-refractivity contribution >= 4 is 11.6 Å². The van der Waals surface area contributed by atoms with E-state index in [2.05, 4.69) is 10.3 Å². The monoisotopic (exact) mass is 235 g/mol. The molecular formula is C12H14FN3O. The van der Waals surface area contributed by atoms with E-state index >= 15 is 0 Å². The lowest BCUT2D eigenvalue weighted by molar-refractivity contribution is 0.0935. The van der Waals surface area contributed by atoms with E-state index in [1.165, 1.54) is 28.9 Å². The van der Waals surface area contributed by atoms with Crippen molar-refractivity contribution in [3.8, 4) is 0 Å². The topological polar surface area (TPSA) is 46.4 Å². The molecule has 2 heterocycles. The van der Waals surface area contributed by atoms with E-state index in [9.17, 15) is 9.18 Å². The fourth-order valence-corrected chi connectivity index (χ4v) is 1.47. The predicted molar refractivity (Wildman–Crippen MR) is 62.4 cm³/mol. The Morgan fingerprint density at radius 3 is 3.00 bits per heavy atom. The van der Waals surface area contributed by atoms with Gasteiger partial charge in [0.1, 0.15) is 17.2 Å². The van der Waals surface area contributed by atoms with E-state index in [0.29, 0.717) is 11.3 Å². The number of nitrogens with one attached hydrogen (secondary N) is 1. The Morgan fingerprint density at radius 2 is 2.29 bits per heavy atom. The average Bonchev–Trinajstić information content (AvgIpc) is 2.71. The number of hydrogen-bond acceptors (Lipinski definition) is 2. The third-order valence-electron chi connectivity index (χ3n) is 2.64. The Balaban J connectivity index is 2.27. The SMILES string of the molecule is CCC(C)NC(=O)c1cn2cc(F)ccc2n1. The molecule has 0 saturated heterocycles. The Morgan fingerprint density at radius 1 is 1.53 bits per heavy atom. The maximum Gasteiger partial charge on any atom is 0.271 e. The van der Waals surface area contributed by atoms with E-state index in [0.717, 1.165) is 6.42 Å². The molecule has 17 heavy (non-hydrogen) atoms. The number of carbonyl (C=O) groups is 1. The zero-order valence-electron chi connectivity index (χ0n) is 9.77. The van der Waals surface area contributed by atoms with Crippen molar-refractivity contribution in [1.82, 2.24) is 14.7 Å². The van der Waals surface area contributed by atoms with Crippen LogP contribution in [0.5, 0.6) is 0 Å². The summed E-state index contributed by atoms with van der Waals surface area (Å²) in [6.45, 7) is 3.91. The van der Waals surface area contributed by atoms with E-state index in [1.54, 1.807) is 0 Å². The van der Waals surface area contributed by atoms with Crippen molar-refractivity contribution < 1.29 is 9.18 Å². The molecule has 0 aliphatic heterocycles. The van der Waals surface area contributed by atoms with Gasteiger partial charge >= 0.3 is 0 Å². The van der Waals surface area contributed by atoms with Crippen molar-refractivity contribution in [3.63, 3.8) is 0 Å². The van der Waals surface area contributed by atoms with Gasteiger partial charge in [-0.15, -0.1) is 0 Å². The molecular weight excluding hydrogens is 221 g/mol. The van der Waals surface area contributed by atoms with Gasteiger partial charge in [-0.25, -0.2) is 9.37 Å². The molecule has 0 saturated carbocycles. The van der Waals surface area contributed by atoms with Crippen LogP contribution < -0.4 is 5.32 Å². The lowest BCUT2D eigenvalue weighted by atomic mass is 10.2. The molecule has 1 amide bonds. The van der Waals surface area contributed by atoms with Crippen LogP contribution in [0.25, 0.3) is 5.65 Å². The highest BCUT2D eigenvalue weighted by Gasteiger charge is 2.12. The number of fused-ring (bicyclic) bond motifs is 1. The van der Waals surface area contributed by atoms with Crippen LogP contribution in [0.4, 0.5) is 4.39 Å². The van der Waals surface area contributed by atoms with Gasteiger partial charge in [0.25, 0.3) is 5.91 Å². The molecule has 1 atom stereocenters. The fraction of sp³-hybridized carbons (Fsp3) is 0.333. The fourth-order valence-electron chi connectivity index (χ4n) is 1.47. The summed E-state index contributed by atoms with van der Waals surface area (Å²) < 4.78 is 14.5. The largest absolute Gasteiger partial charge is 0.348 e. The first-order valence-electron chi connectivity index (χ1n) is 5.55. The number of pyridine rings is 1. The van der Waals surface area contributed by atoms with Crippen molar-refractivity contribution in [3.05, 3.63) is 36.0 Å². The number of imidazole rings is 1. The molecule has 90 valence electrons. The molecule has 2 aromatic heterocycles. The summed E-state index contributed by atoms with van der Waals surface area (Å²) in [6, 6.07) is 2.96. The standard InChI is InChI=1S/C12H14FN3O/c1-3-8(2)14-12(17)10-7-16-6-9(13)4-5-11(16)15-10/h4-8H,3H2,1-2H3,(H,14,17). The first-order valence-corrected chi connectivity index (χ1v) is 5.55. The number of halogens is 1. The van der Waals surface area contributed by atoms with Gasteiger partial charge in [-0.3, -0.25) is 4.79 Å². The predicted octanol–water partition coefficient (Wildman–Crippen LogP) is 2.00. The summed E-state index contributed by atoms with van der Waals surface area (Å²) in [5, 5.41) is 2.81. The molecule has 1 unspecified atom stereocenters. The molecule has 0 aromatic carbocycles. The van der Waals surface area contributed by atoms with E-state index in [4.69, 9.17) is 0 Å².